The summed E-state index contributed by atoms with van der Waals surface area (Å²) in [6, 6.07) is 9.87. The van der Waals surface area contributed by atoms with Gasteiger partial charge in [0.2, 0.25) is 0 Å². The Hall–Kier alpha value is -1.51. The molecule has 1 amide bonds. The highest BCUT2D eigenvalue weighted by Crippen LogP contribution is 2.21. The van der Waals surface area contributed by atoms with E-state index in [-0.39, 0.29) is 5.41 Å². The van der Waals surface area contributed by atoms with Crippen LogP contribution in [0.4, 0.5) is 4.79 Å². The molecule has 0 saturated heterocycles. The summed E-state index contributed by atoms with van der Waals surface area (Å²) in [7, 11) is 0. The molecule has 14 heavy (non-hydrogen) atoms. The van der Waals surface area contributed by atoms with Crippen molar-refractivity contribution in [2.45, 2.75) is 19.3 Å². The second kappa shape index (κ2) is 4.13. The van der Waals surface area contributed by atoms with Crippen molar-refractivity contribution in [1.29, 1.82) is 0 Å². The first kappa shape index (κ1) is 10.6. The van der Waals surface area contributed by atoms with Gasteiger partial charge in [-0.2, -0.15) is 0 Å². The van der Waals surface area contributed by atoms with Crippen molar-refractivity contribution in [3.63, 3.8) is 0 Å². The minimum absolute atomic E-state index is 0.167. The van der Waals surface area contributed by atoms with Crippen LogP contribution in [0.15, 0.2) is 30.3 Å². The van der Waals surface area contributed by atoms with Gasteiger partial charge in [0.1, 0.15) is 0 Å². The van der Waals surface area contributed by atoms with Crippen molar-refractivity contribution in [2.24, 2.45) is 0 Å². The van der Waals surface area contributed by atoms with Crippen LogP contribution in [0, 0.1) is 0 Å². The fraction of sp³-hybridized carbons (Fsp3) is 0.364. The minimum atomic E-state index is -0.978. The molecule has 1 rings (SSSR count). The van der Waals surface area contributed by atoms with Crippen molar-refractivity contribution in [1.82, 2.24) is 5.32 Å². The summed E-state index contributed by atoms with van der Waals surface area (Å²) in [6.45, 7) is 4.45. The summed E-state index contributed by atoms with van der Waals surface area (Å²) in [6.07, 6.45) is -0.978. The van der Waals surface area contributed by atoms with Crippen LogP contribution in [0.1, 0.15) is 19.4 Å². The zero-order valence-electron chi connectivity index (χ0n) is 8.45. The Balaban J connectivity index is 2.70. The Kier molecular flexibility index (Phi) is 3.12. The summed E-state index contributed by atoms with van der Waals surface area (Å²) in [5, 5.41) is 10.9. The van der Waals surface area contributed by atoms with Crippen LogP contribution in [0.25, 0.3) is 0 Å². The molecule has 76 valence electrons. The van der Waals surface area contributed by atoms with E-state index in [1.54, 1.807) is 0 Å². The molecule has 0 unspecified atom stereocenters. The van der Waals surface area contributed by atoms with Crippen LogP contribution < -0.4 is 5.32 Å². The fourth-order valence-electron chi connectivity index (χ4n) is 1.29. The van der Waals surface area contributed by atoms with E-state index in [9.17, 15) is 4.79 Å². The fourth-order valence-corrected chi connectivity index (χ4v) is 1.29. The first-order valence-electron chi connectivity index (χ1n) is 4.55. The van der Waals surface area contributed by atoms with Gasteiger partial charge in [-0.15, -0.1) is 0 Å². The van der Waals surface area contributed by atoms with E-state index in [4.69, 9.17) is 5.11 Å². The Morgan fingerprint density at radius 1 is 1.36 bits per heavy atom. The third-order valence-corrected chi connectivity index (χ3v) is 2.24. The summed E-state index contributed by atoms with van der Waals surface area (Å²) in [5.74, 6) is 0. The Bertz CT molecular complexity index is 306. The maximum atomic E-state index is 10.4. The van der Waals surface area contributed by atoms with Crippen molar-refractivity contribution >= 4 is 6.09 Å². The zero-order chi connectivity index (χ0) is 10.6. The number of rotatable bonds is 3. The van der Waals surface area contributed by atoms with Crippen molar-refractivity contribution < 1.29 is 9.90 Å². The van der Waals surface area contributed by atoms with Gasteiger partial charge in [0.05, 0.1) is 0 Å². The highest BCUT2D eigenvalue weighted by molar-refractivity contribution is 5.64. The van der Waals surface area contributed by atoms with E-state index < -0.39 is 6.09 Å². The molecule has 0 fully saturated rings. The van der Waals surface area contributed by atoms with Crippen LogP contribution >= 0.6 is 0 Å². The molecule has 1 aromatic carbocycles. The summed E-state index contributed by atoms with van der Waals surface area (Å²) in [4.78, 5) is 10.4. The molecule has 0 saturated carbocycles. The molecular formula is C11H15NO2. The molecule has 0 aromatic heterocycles. The van der Waals surface area contributed by atoms with Gasteiger partial charge in [-0.25, -0.2) is 4.79 Å². The van der Waals surface area contributed by atoms with Crippen molar-refractivity contribution in [2.75, 3.05) is 6.54 Å². The van der Waals surface area contributed by atoms with Crippen molar-refractivity contribution in [3.05, 3.63) is 35.9 Å². The number of carboxylic acid groups (broad SMARTS) is 1. The molecule has 3 nitrogen and oxygen atoms in total. The molecule has 0 bridgehead atoms. The van der Waals surface area contributed by atoms with Crippen LogP contribution in [-0.2, 0) is 5.41 Å². The molecule has 2 N–H and O–H groups in total. The number of hydrogen-bond donors (Lipinski definition) is 2. The SMILES string of the molecule is CC(C)(CNC(=O)O)c1ccccc1. The maximum Gasteiger partial charge on any atom is 0.404 e. The molecule has 0 heterocycles. The van der Waals surface area contributed by atoms with E-state index in [2.05, 4.69) is 5.32 Å². The Morgan fingerprint density at radius 2 is 1.93 bits per heavy atom. The normalized spacial score (nSPS) is 11.0. The van der Waals surface area contributed by atoms with Gasteiger partial charge in [-0.3, -0.25) is 0 Å². The third-order valence-electron chi connectivity index (χ3n) is 2.24. The molecule has 0 atom stereocenters. The van der Waals surface area contributed by atoms with Gasteiger partial charge in [0, 0.05) is 12.0 Å². The molecule has 0 aliphatic carbocycles. The number of benzene rings is 1. The van der Waals surface area contributed by atoms with Gasteiger partial charge in [-0.05, 0) is 5.56 Å². The van der Waals surface area contributed by atoms with E-state index in [1.807, 2.05) is 44.2 Å². The predicted molar refractivity (Wildman–Crippen MR) is 55.5 cm³/mol. The lowest BCUT2D eigenvalue weighted by Gasteiger charge is -2.24. The van der Waals surface area contributed by atoms with Crippen LogP contribution in [0.5, 0.6) is 0 Å². The second-order valence-corrected chi connectivity index (χ2v) is 3.91. The topological polar surface area (TPSA) is 49.3 Å². The molecule has 0 aliphatic heterocycles. The number of hydrogen-bond acceptors (Lipinski definition) is 1. The first-order chi connectivity index (χ1) is 6.52. The lowest BCUT2D eigenvalue weighted by molar-refractivity contribution is 0.192. The van der Waals surface area contributed by atoms with Gasteiger partial charge in [0.25, 0.3) is 0 Å². The summed E-state index contributed by atoms with van der Waals surface area (Å²) < 4.78 is 0. The first-order valence-corrected chi connectivity index (χ1v) is 4.55. The highest BCUT2D eigenvalue weighted by atomic mass is 16.4. The zero-order valence-corrected chi connectivity index (χ0v) is 8.45. The monoisotopic (exact) mass is 193 g/mol. The lowest BCUT2D eigenvalue weighted by atomic mass is 9.85. The number of amides is 1. The van der Waals surface area contributed by atoms with Crippen LogP contribution in [-0.4, -0.2) is 17.7 Å². The molecular weight excluding hydrogens is 178 g/mol. The minimum Gasteiger partial charge on any atom is -0.465 e. The molecule has 3 heteroatoms. The molecule has 1 aromatic rings. The van der Waals surface area contributed by atoms with Gasteiger partial charge in [-0.1, -0.05) is 44.2 Å². The van der Waals surface area contributed by atoms with Crippen LogP contribution in [0.3, 0.4) is 0 Å². The summed E-state index contributed by atoms with van der Waals surface area (Å²) in [5.41, 5.74) is 0.966. The van der Waals surface area contributed by atoms with Gasteiger partial charge >= 0.3 is 6.09 Å². The maximum absolute atomic E-state index is 10.4. The molecule has 0 aliphatic rings. The van der Waals surface area contributed by atoms with E-state index in [0.29, 0.717) is 6.54 Å². The average Bonchev–Trinajstić information content (AvgIpc) is 2.16. The largest absolute Gasteiger partial charge is 0.465 e. The van der Waals surface area contributed by atoms with Gasteiger partial charge < -0.3 is 10.4 Å². The third kappa shape index (κ3) is 2.76. The van der Waals surface area contributed by atoms with E-state index >= 15 is 0 Å². The van der Waals surface area contributed by atoms with Crippen LogP contribution in [0.2, 0.25) is 0 Å². The number of carbonyl (C=O) groups is 1. The predicted octanol–water partition coefficient (Wildman–Crippen LogP) is 2.23. The molecule has 0 radical (unpaired) electrons. The lowest BCUT2D eigenvalue weighted by Crippen LogP contribution is -2.35. The Morgan fingerprint density at radius 3 is 2.43 bits per heavy atom. The standard InChI is InChI=1S/C11H15NO2/c1-11(2,8-12-10(13)14)9-6-4-3-5-7-9/h3-7,12H,8H2,1-2H3,(H,13,14). The molecule has 0 spiro atoms. The second-order valence-electron chi connectivity index (χ2n) is 3.91. The van der Waals surface area contributed by atoms with Gasteiger partial charge in [0.15, 0.2) is 0 Å². The quantitative estimate of drug-likeness (QED) is 0.773. The Labute approximate surface area is 83.8 Å². The number of nitrogens with one attached hydrogen (secondary N) is 1. The van der Waals surface area contributed by atoms with Crippen molar-refractivity contribution in [3.8, 4) is 0 Å². The highest BCUT2D eigenvalue weighted by Gasteiger charge is 2.20. The van der Waals surface area contributed by atoms with E-state index in [1.165, 1.54) is 0 Å². The average molecular weight is 193 g/mol. The smallest absolute Gasteiger partial charge is 0.404 e. The van der Waals surface area contributed by atoms with E-state index in [0.717, 1.165) is 5.56 Å². The summed E-state index contributed by atoms with van der Waals surface area (Å²) >= 11 is 0.